The van der Waals surface area contributed by atoms with E-state index in [1.54, 1.807) is 32.3 Å². The van der Waals surface area contributed by atoms with Crippen molar-refractivity contribution in [2.24, 2.45) is 27.7 Å². The number of ether oxygens (including phenoxy) is 6. The molecule has 4 aromatic rings. The average Bonchev–Trinajstić information content (AvgIpc) is 4.04. The molecule has 11 rings (SSSR count). The van der Waals surface area contributed by atoms with Gasteiger partial charge in [0.25, 0.3) is 11.8 Å². The van der Waals surface area contributed by atoms with Crippen molar-refractivity contribution in [2.45, 2.75) is 117 Å². The van der Waals surface area contributed by atoms with Crippen LogP contribution in [0.4, 0.5) is 0 Å². The second-order valence-corrected chi connectivity index (χ2v) is 23.7. The van der Waals surface area contributed by atoms with Crippen LogP contribution in [-0.4, -0.2) is 164 Å². The number of fused-ring (bicyclic) bond motifs is 4. The summed E-state index contributed by atoms with van der Waals surface area (Å²) in [5.74, 6) is 4.90. The molecule has 1 N–H and O–H groups in total. The normalized spacial score (nSPS) is 26.2. The zero-order chi connectivity index (χ0) is 53.6. The summed E-state index contributed by atoms with van der Waals surface area (Å²) in [6.07, 6.45) is 3.92. The topological polar surface area (TPSA) is 188 Å². The van der Waals surface area contributed by atoms with E-state index in [0.717, 1.165) is 46.1 Å². The van der Waals surface area contributed by atoms with Crippen LogP contribution in [0.5, 0.6) is 0 Å². The van der Waals surface area contributed by atoms with Crippen LogP contribution in [0.3, 0.4) is 0 Å². The molecular weight excluding hydrogens is 989 g/mol. The highest BCUT2D eigenvalue weighted by molar-refractivity contribution is 7.10. The molecule has 18 nitrogen and oxygen atoms in total. The van der Waals surface area contributed by atoms with Gasteiger partial charge < -0.3 is 37.9 Å². The lowest BCUT2D eigenvalue weighted by Crippen LogP contribution is -2.70. The van der Waals surface area contributed by atoms with Gasteiger partial charge in [0.1, 0.15) is 34.3 Å². The van der Waals surface area contributed by atoms with Crippen molar-refractivity contribution in [1.29, 1.82) is 0 Å². The number of methoxy groups -OCH3 is 1. The van der Waals surface area contributed by atoms with Gasteiger partial charge in [0.05, 0.1) is 62.3 Å². The molecule has 9 heterocycles. The number of benzene rings is 1. The maximum Gasteiger partial charge on any atom is 0.325 e. The maximum atomic E-state index is 15.3. The van der Waals surface area contributed by atoms with Crippen LogP contribution < -0.4 is 5.43 Å². The molecule has 0 spiro atoms. The van der Waals surface area contributed by atoms with E-state index in [2.05, 4.69) is 64.8 Å². The molecule has 5 saturated heterocycles. The number of nitrogens with one attached hydrogen (secondary N) is 1. The predicted molar refractivity (Wildman–Crippen MR) is 286 cm³/mol. The minimum Gasteiger partial charge on any atom is -0.464 e. The van der Waals surface area contributed by atoms with Crippen LogP contribution in [0.15, 0.2) is 40.8 Å². The van der Waals surface area contributed by atoms with E-state index in [1.807, 2.05) is 33.1 Å². The van der Waals surface area contributed by atoms with E-state index in [4.69, 9.17) is 43.4 Å². The first kappa shape index (κ1) is 53.9. The molecule has 0 radical (unpaired) electrons. The number of hydrogen-bond donors (Lipinski definition) is 1. The van der Waals surface area contributed by atoms with Gasteiger partial charge in [0.2, 0.25) is 5.91 Å². The molecule has 7 aliphatic rings. The lowest BCUT2D eigenvalue weighted by Gasteiger charge is -2.52. The number of hydrazine groups is 1. The molecule has 6 fully saturated rings. The fourth-order valence-electron chi connectivity index (χ4n) is 11.4. The number of carbonyl (C=O) groups excluding carboxylic acids is 4. The van der Waals surface area contributed by atoms with Gasteiger partial charge in [-0.2, -0.15) is 0 Å². The van der Waals surface area contributed by atoms with Crippen LogP contribution in [0.1, 0.15) is 101 Å². The van der Waals surface area contributed by atoms with Crippen LogP contribution in [0.2, 0.25) is 0 Å². The number of rotatable bonds is 10. The molecular formula is C57H72N8O10S. The second-order valence-electron chi connectivity index (χ2n) is 22.8. The number of amides is 3. The second kappa shape index (κ2) is 22.1. The Morgan fingerprint density at radius 1 is 1.08 bits per heavy atom. The Hall–Kier alpha value is -5.43. The quantitative estimate of drug-likeness (QED) is 0.140. The molecule has 8 bridgehead atoms. The Kier molecular flexibility index (Phi) is 15.7. The fourth-order valence-corrected chi connectivity index (χ4v) is 12.3. The maximum absolute atomic E-state index is 15.3. The molecule has 19 heteroatoms. The van der Waals surface area contributed by atoms with Gasteiger partial charge in [0.15, 0.2) is 0 Å². The number of cyclic esters (lactones) is 1. The van der Waals surface area contributed by atoms with Gasteiger partial charge in [0, 0.05) is 111 Å². The Labute approximate surface area is 449 Å². The third-order valence-corrected chi connectivity index (χ3v) is 16.7. The van der Waals surface area contributed by atoms with E-state index >= 15 is 4.79 Å². The van der Waals surface area contributed by atoms with Gasteiger partial charge in [-0.25, -0.2) is 15.4 Å². The molecule has 0 unspecified atom stereocenters. The highest BCUT2D eigenvalue weighted by Crippen LogP contribution is 2.44. The van der Waals surface area contributed by atoms with Crippen molar-refractivity contribution in [3.8, 4) is 34.4 Å². The summed E-state index contributed by atoms with van der Waals surface area (Å²) in [7, 11) is 5.13. The first-order valence-electron chi connectivity index (χ1n) is 26.8. The van der Waals surface area contributed by atoms with Gasteiger partial charge in [-0.15, -0.1) is 11.3 Å². The van der Waals surface area contributed by atoms with E-state index in [0.29, 0.717) is 100 Å². The van der Waals surface area contributed by atoms with E-state index in [1.165, 1.54) is 16.3 Å². The van der Waals surface area contributed by atoms with Crippen LogP contribution in [-0.2, 0) is 60.6 Å². The van der Waals surface area contributed by atoms with Gasteiger partial charge >= 0.3 is 5.97 Å². The summed E-state index contributed by atoms with van der Waals surface area (Å²) in [6, 6.07) is 6.62. The van der Waals surface area contributed by atoms with E-state index in [-0.39, 0.29) is 42.2 Å². The molecule has 1 aliphatic carbocycles. The van der Waals surface area contributed by atoms with Crippen molar-refractivity contribution in [3.05, 3.63) is 57.7 Å². The summed E-state index contributed by atoms with van der Waals surface area (Å²) >= 11 is 1.42. The number of aromatic nitrogens is 3. The zero-order valence-corrected chi connectivity index (χ0v) is 46.1. The average molecular weight is 1060 g/mol. The SMILES string of the molecule is CO[C@@H](C)c1ncc(C#CC(C)(C)C(=O)N(C)C)cc1-c1c2c3cc(ccc3n1CCOC1CCOCC1)-c1csc(n1)[C@@H](N1CCOCC1)C(=NC(=O)[C@H]1OC[C@@H]1C)C(=O)N1N[C@H](C(=O)OCC(C)(C)C2)C2CC1C2. The molecule has 3 amide bonds. The fraction of sp³-hybridized carbons (Fsp3) is 0.596. The zero-order valence-electron chi connectivity index (χ0n) is 45.3. The number of esters is 1. The van der Waals surface area contributed by atoms with E-state index < -0.39 is 52.9 Å². The summed E-state index contributed by atoms with van der Waals surface area (Å²) in [4.78, 5) is 75.9. The Balaban J connectivity index is 1.17. The van der Waals surface area contributed by atoms with Gasteiger partial charge in [-0.3, -0.25) is 34.1 Å². The minimum atomic E-state index is -0.964. The summed E-state index contributed by atoms with van der Waals surface area (Å²) in [5, 5.41) is 5.09. The summed E-state index contributed by atoms with van der Waals surface area (Å²) in [5.41, 5.74) is 8.28. The number of aliphatic imine (C=N–C) groups is 1. The van der Waals surface area contributed by atoms with E-state index in [9.17, 15) is 14.4 Å². The number of hydrogen-bond acceptors (Lipinski definition) is 15. The van der Waals surface area contributed by atoms with Crippen molar-refractivity contribution >= 4 is 51.6 Å². The minimum absolute atomic E-state index is 0.0274. The summed E-state index contributed by atoms with van der Waals surface area (Å²) < 4.78 is 38.5. The molecule has 406 valence electrons. The first-order chi connectivity index (χ1) is 36.4. The Morgan fingerprint density at radius 2 is 1.83 bits per heavy atom. The number of carbonyl (C=O) groups is 4. The lowest BCUT2D eigenvalue weighted by atomic mass is 9.73. The lowest BCUT2D eigenvalue weighted by molar-refractivity contribution is -0.167. The summed E-state index contributed by atoms with van der Waals surface area (Å²) in [6.45, 7) is 16.3. The molecule has 1 saturated carbocycles. The number of pyridine rings is 1. The Bertz CT molecular complexity index is 2950. The van der Waals surface area contributed by atoms with Crippen molar-refractivity contribution < 1.29 is 47.6 Å². The number of thiazole rings is 1. The largest absolute Gasteiger partial charge is 0.464 e. The Morgan fingerprint density at radius 3 is 2.53 bits per heavy atom. The van der Waals surface area contributed by atoms with Crippen molar-refractivity contribution in [3.63, 3.8) is 0 Å². The molecule has 1 aromatic carbocycles. The van der Waals surface area contributed by atoms with Gasteiger partial charge in [-0.05, 0) is 82.6 Å². The smallest absolute Gasteiger partial charge is 0.325 e. The predicted octanol–water partition coefficient (Wildman–Crippen LogP) is 6.19. The van der Waals surface area contributed by atoms with Crippen LogP contribution >= 0.6 is 11.3 Å². The monoisotopic (exact) mass is 1060 g/mol. The molecule has 76 heavy (non-hydrogen) atoms. The number of morpholine rings is 1. The van der Waals surface area contributed by atoms with Crippen LogP contribution in [0, 0.1) is 34.5 Å². The van der Waals surface area contributed by atoms with Crippen molar-refractivity contribution in [1.82, 2.24) is 34.8 Å². The van der Waals surface area contributed by atoms with Crippen molar-refractivity contribution in [2.75, 3.05) is 80.5 Å². The molecule has 5 atom stereocenters. The first-order valence-corrected chi connectivity index (χ1v) is 27.7. The third-order valence-electron chi connectivity index (χ3n) is 15.8. The third kappa shape index (κ3) is 10.9. The van der Waals surface area contributed by atoms with Crippen LogP contribution in [0.25, 0.3) is 33.4 Å². The standard InChI is InChI=1S/C57H72N8O10S/c1-33-30-74-50(33)51(66)60-47-49(63-16-21-72-22-17-63)52-59-43(31-76-52)36-10-11-44-40(27-36)42(28-56(3,4)32-75-54(68)46-37-25-38(26-37)65(61-46)53(47)67)48(64(44)18-23-73-39-13-19-71-20-14-39)41-24-35(29-58-45(41)34(2)70-9)12-15-57(5,6)55(69)62(7)8/h10-11,24,27,29,31,33-34,37-39,46,49-50,61H,13-14,16-23,25-26,28,30,32H2,1-9H3/t33-,34-,37?,38?,46-,49-,50-/m0/s1. The number of nitrogens with zero attached hydrogens (tertiary/aromatic N) is 7. The molecule has 6 aliphatic heterocycles. The highest BCUT2D eigenvalue weighted by atomic mass is 32.1. The highest BCUT2D eigenvalue weighted by Gasteiger charge is 2.52. The molecule has 3 aromatic heterocycles. The van der Waals surface area contributed by atoms with Gasteiger partial charge in [-0.1, -0.05) is 38.7 Å².